The Morgan fingerprint density at radius 1 is 1.10 bits per heavy atom. The molecule has 1 saturated heterocycles. The number of ether oxygens (including phenoxy) is 1. The molecule has 1 aliphatic rings. The van der Waals surface area contributed by atoms with Crippen molar-refractivity contribution in [2.45, 2.75) is 25.7 Å². The van der Waals surface area contributed by atoms with Crippen LogP contribution in [0.25, 0.3) is 11.0 Å². The van der Waals surface area contributed by atoms with Crippen molar-refractivity contribution in [3.63, 3.8) is 0 Å². The minimum absolute atomic E-state index is 0.176. The van der Waals surface area contributed by atoms with Crippen LogP contribution in [0.3, 0.4) is 0 Å². The summed E-state index contributed by atoms with van der Waals surface area (Å²) >= 11 is 6.53. The zero-order valence-electron chi connectivity index (χ0n) is 22.8. The number of aromatic amines is 1. The monoisotopic (exact) mass is 585 g/mol. The number of hydrogen-bond acceptors (Lipinski definition) is 6. The van der Waals surface area contributed by atoms with Crippen LogP contribution >= 0.6 is 11.6 Å². The van der Waals surface area contributed by atoms with Gasteiger partial charge in [0.05, 0.1) is 17.7 Å². The van der Waals surface area contributed by atoms with E-state index >= 15 is 0 Å². The van der Waals surface area contributed by atoms with Crippen LogP contribution < -0.4 is 10.1 Å². The van der Waals surface area contributed by atoms with Gasteiger partial charge in [-0.3, -0.25) is 9.69 Å². The van der Waals surface area contributed by atoms with Crippen molar-refractivity contribution in [1.82, 2.24) is 19.8 Å². The van der Waals surface area contributed by atoms with Crippen molar-refractivity contribution >= 4 is 34.1 Å². The summed E-state index contributed by atoms with van der Waals surface area (Å²) in [5.74, 6) is 0.127. The number of carbonyl (C=O) groups is 1. The number of anilines is 1. The predicted octanol–water partition coefficient (Wildman–Crippen LogP) is 6.03. The summed E-state index contributed by atoms with van der Waals surface area (Å²) < 4.78 is 47.5. The summed E-state index contributed by atoms with van der Waals surface area (Å²) in [6.07, 6.45) is -1.26. The Bertz CT molecular complexity index is 1550. The first kappa shape index (κ1) is 28.9. The third-order valence-corrected chi connectivity index (χ3v) is 7.82. The Hall–Kier alpha value is -3.60. The number of pyridine rings is 1. The average Bonchev–Trinajstić information content (AvgIpc) is 3.44. The highest BCUT2D eigenvalue weighted by Crippen LogP contribution is 2.34. The third-order valence-electron chi connectivity index (χ3n) is 7.37. The zero-order valence-corrected chi connectivity index (χ0v) is 23.6. The topological polar surface area (TPSA) is 73.5 Å². The Balaban J connectivity index is 1.32. The van der Waals surface area contributed by atoms with E-state index in [4.69, 9.17) is 16.3 Å². The number of likely N-dealkylation sites (N-methyl/N-ethyl adjacent to an activating group) is 1. The van der Waals surface area contributed by atoms with Crippen LogP contribution in [-0.2, 0) is 25.7 Å². The molecule has 0 saturated carbocycles. The van der Waals surface area contributed by atoms with Crippen LogP contribution in [0.2, 0.25) is 5.02 Å². The van der Waals surface area contributed by atoms with Crippen molar-refractivity contribution in [3.8, 4) is 5.75 Å². The highest BCUT2D eigenvalue weighted by atomic mass is 35.5. The number of H-pyrrole nitrogens is 1. The maximum Gasteiger partial charge on any atom is 0.416 e. The molecule has 4 aromatic rings. The van der Waals surface area contributed by atoms with E-state index in [0.717, 1.165) is 30.1 Å². The largest absolute Gasteiger partial charge is 0.497 e. The lowest BCUT2D eigenvalue weighted by molar-refractivity contribution is -0.138. The van der Waals surface area contributed by atoms with Gasteiger partial charge in [-0.1, -0.05) is 23.7 Å². The molecule has 0 unspecified atom stereocenters. The number of fused-ring (bicyclic) bond motifs is 1. The van der Waals surface area contributed by atoms with E-state index in [-0.39, 0.29) is 24.3 Å². The number of alkyl halides is 3. The molecule has 7 nitrogen and oxygen atoms in total. The number of nitrogens with zero attached hydrogens (tertiary/aromatic N) is 3. The normalized spacial score (nSPS) is 14.9. The summed E-state index contributed by atoms with van der Waals surface area (Å²) in [6.45, 7) is 3.62. The predicted molar refractivity (Wildman–Crippen MR) is 154 cm³/mol. The highest BCUT2D eigenvalue weighted by molar-refractivity contribution is 6.36. The second kappa shape index (κ2) is 12.1. The molecule has 216 valence electrons. The fraction of sp³-hybridized carbons (Fsp3) is 0.333. The molecule has 0 spiro atoms. The molecule has 0 radical (unpaired) electrons. The molecular weight excluding hydrogens is 555 g/mol. The lowest BCUT2D eigenvalue weighted by atomic mass is 9.97. The fourth-order valence-corrected chi connectivity index (χ4v) is 5.25. The zero-order chi connectivity index (χ0) is 29.1. The highest BCUT2D eigenvalue weighted by Gasteiger charge is 2.34. The molecule has 0 bridgehead atoms. The molecule has 3 heterocycles. The lowest BCUT2D eigenvalue weighted by Gasteiger charge is -2.33. The summed E-state index contributed by atoms with van der Waals surface area (Å²) in [5, 5.41) is 4.62. The number of aromatic nitrogens is 2. The van der Waals surface area contributed by atoms with Gasteiger partial charge in [-0.2, -0.15) is 13.2 Å². The van der Waals surface area contributed by atoms with E-state index in [0.29, 0.717) is 52.9 Å². The Morgan fingerprint density at radius 3 is 2.61 bits per heavy atom. The van der Waals surface area contributed by atoms with Gasteiger partial charge < -0.3 is 19.9 Å². The quantitative estimate of drug-likeness (QED) is 0.234. The van der Waals surface area contributed by atoms with Gasteiger partial charge in [0.1, 0.15) is 11.4 Å². The molecular formula is C30H31ClF3N5O2. The number of piperazine rings is 1. The fourth-order valence-electron chi connectivity index (χ4n) is 4.99. The van der Waals surface area contributed by atoms with Crippen molar-refractivity contribution in [3.05, 3.63) is 87.7 Å². The number of carbonyl (C=O) groups excluding carboxylic acids is 1. The van der Waals surface area contributed by atoms with Crippen LogP contribution in [0.1, 0.15) is 32.6 Å². The van der Waals surface area contributed by atoms with Gasteiger partial charge >= 0.3 is 6.18 Å². The van der Waals surface area contributed by atoms with Crippen molar-refractivity contribution in [2.24, 2.45) is 0 Å². The average molecular weight is 586 g/mol. The number of rotatable bonds is 9. The lowest BCUT2D eigenvalue weighted by Crippen LogP contribution is -2.44. The molecule has 1 fully saturated rings. The summed E-state index contributed by atoms with van der Waals surface area (Å²) in [7, 11) is 3.49. The van der Waals surface area contributed by atoms with Crippen LogP contribution in [0.15, 0.2) is 54.9 Å². The number of ketones is 1. The van der Waals surface area contributed by atoms with Gasteiger partial charge in [0.15, 0.2) is 5.78 Å². The maximum absolute atomic E-state index is 14.0. The summed E-state index contributed by atoms with van der Waals surface area (Å²) in [4.78, 5) is 24.8. The van der Waals surface area contributed by atoms with Gasteiger partial charge in [-0.15, -0.1) is 0 Å². The molecule has 2 N–H and O–H groups in total. The minimum atomic E-state index is -4.52. The van der Waals surface area contributed by atoms with E-state index < -0.39 is 11.7 Å². The molecule has 0 amide bonds. The number of Topliss-reactive ketones (excluding diaryl/α,β-unsaturated/α-hetero) is 1. The van der Waals surface area contributed by atoms with Crippen LogP contribution in [0.4, 0.5) is 18.9 Å². The van der Waals surface area contributed by atoms with E-state index in [1.807, 2.05) is 18.0 Å². The smallest absolute Gasteiger partial charge is 0.416 e. The maximum atomic E-state index is 14.0. The molecule has 11 heteroatoms. The molecule has 0 aliphatic carbocycles. The molecule has 2 aromatic heterocycles. The number of halogens is 4. The number of nitrogens with one attached hydrogen (secondary N) is 2. The first-order chi connectivity index (χ1) is 19.6. The van der Waals surface area contributed by atoms with Gasteiger partial charge in [0.25, 0.3) is 0 Å². The number of benzene rings is 2. The first-order valence-electron chi connectivity index (χ1n) is 13.3. The Kier molecular flexibility index (Phi) is 8.53. The van der Waals surface area contributed by atoms with Gasteiger partial charge in [-0.05, 0) is 42.4 Å². The van der Waals surface area contributed by atoms with Gasteiger partial charge in [0.2, 0.25) is 0 Å². The Morgan fingerprint density at radius 2 is 1.88 bits per heavy atom. The minimum Gasteiger partial charge on any atom is -0.497 e. The summed E-state index contributed by atoms with van der Waals surface area (Å²) in [6, 6.07) is 11.1. The van der Waals surface area contributed by atoms with Gasteiger partial charge in [-0.25, -0.2) is 4.98 Å². The van der Waals surface area contributed by atoms with Gasteiger partial charge in [0, 0.05) is 86.3 Å². The van der Waals surface area contributed by atoms with E-state index in [2.05, 4.69) is 20.2 Å². The van der Waals surface area contributed by atoms with Crippen molar-refractivity contribution in [2.75, 3.05) is 45.7 Å². The molecule has 2 aromatic carbocycles. The second-order valence-corrected chi connectivity index (χ2v) is 10.7. The van der Waals surface area contributed by atoms with E-state index in [1.165, 1.54) is 13.2 Å². The van der Waals surface area contributed by atoms with Crippen LogP contribution in [-0.4, -0.2) is 65.9 Å². The summed E-state index contributed by atoms with van der Waals surface area (Å²) in [5.41, 5.74) is 2.22. The third kappa shape index (κ3) is 6.83. The first-order valence-corrected chi connectivity index (χ1v) is 13.6. The SMILES string of the molecule is COc1cc(NCc2cnc3[nH]ccc3c2Cl)cc(C(=O)Cc2ccc(CN3CCN(C)CC3)c(C(F)(F)F)c2)c1. The molecule has 0 atom stereocenters. The van der Waals surface area contributed by atoms with E-state index in [1.54, 1.807) is 36.7 Å². The number of methoxy groups -OCH3 is 1. The van der Waals surface area contributed by atoms with Crippen LogP contribution in [0.5, 0.6) is 5.75 Å². The molecule has 1 aliphatic heterocycles. The van der Waals surface area contributed by atoms with E-state index in [9.17, 15) is 18.0 Å². The second-order valence-electron chi connectivity index (χ2n) is 10.3. The number of hydrogen-bond donors (Lipinski definition) is 2. The van der Waals surface area contributed by atoms with Crippen molar-refractivity contribution in [1.29, 1.82) is 0 Å². The van der Waals surface area contributed by atoms with Crippen LogP contribution in [0, 0.1) is 0 Å². The Labute approximate surface area is 241 Å². The van der Waals surface area contributed by atoms with Crippen molar-refractivity contribution < 1.29 is 22.7 Å². The standard InChI is InChI=1S/C30H31ClF3N5O2/c1-38-7-9-39(10-8-38)18-20-4-3-19(11-26(20)30(32,33)34)12-27(40)21-13-23(15-24(14-21)41-2)36-16-22-17-37-29-25(28(22)31)5-6-35-29/h3-6,11,13-15,17,36H,7-10,12,16,18H2,1-2H3,(H,35,37). The molecule has 5 rings (SSSR count). The molecule has 41 heavy (non-hydrogen) atoms.